The Bertz CT molecular complexity index is 777. The van der Waals surface area contributed by atoms with Gasteiger partial charge in [-0.25, -0.2) is 0 Å². The third kappa shape index (κ3) is 5.17. The van der Waals surface area contributed by atoms with Crippen LogP contribution in [0, 0.1) is 0 Å². The molecule has 0 atom stereocenters. The lowest BCUT2D eigenvalue weighted by Gasteiger charge is -2.19. The molecule has 1 amide bonds. The van der Waals surface area contributed by atoms with Crippen molar-refractivity contribution in [3.05, 3.63) is 54.1 Å². The van der Waals surface area contributed by atoms with Crippen molar-refractivity contribution >= 4 is 11.9 Å². The molecule has 2 aromatic carbocycles. The fourth-order valence-corrected chi connectivity index (χ4v) is 1.98. The summed E-state index contributed by atoms with van der Waals surface area (Å²) in [4.78, 5) is 21.8. The number of alkyl halides is 2. The maximum Gasteiger partial charge on any atom is 0.482 e. The van der Waals surface area contributed by atoms with Gasteiger partial charge >= 0.3 is 18.0 Å². The summed E-state index contributed by atoms with van der Waals surface area (Å²) in [6, 6.07) is 12.7. The highest BCUT2D eigenvalue weighted by molar-refractivity contribution is 5.85. The summed E-state index contributed by atoms with van der Waals surface area (Å²) in [7, 11) is 0. The highest BCUT2D eigenvalue weighted by atomic mass is 19.3. The van der Waals surface area contributed by atoms with Gasteiger partial charge < -0.3 is 19.9 Å². The van der Waals surface area contributed by atoms with Crippen LogP contribution in [0.5, 0.6) is 17.2 Å². The maximum absolute atomic E-state index is 13.9. The molecule has 0 aliphatic rings. The Morgan fingerprint density at radius 2 is 1.69 bits per heavy atom. The summed E-state index contributed by atoms with van der Waals surface area (Å²) < 4.78 is 37.8. The number of halogens is 2. The van der Waals surface area contributed by atoms with Crippen molar-refractivity contribution < 1.29 is 33.0 Å². The predicted molar refractivity (Wildman–Crippen MR) is 88.6 cm³/mol. The number of benzene rings is 2. The molecule has 0 aliphatic heterocycles. The van der Waals surface area contributed by atoms with Crippen LogP contribution in [0.25, 0.3) is 0 Å². The third-order valence-electron chi connectivity index (χ3n) is 3.31. The number of aryl methyl sites for hydroxylation is 1. The topological polar surface area (TPSA) is 84.9 Å². The zero-order valence-electron chi connectivity index (χ0n) is 13.9. The van der Waals surface area contributed by atoms with Gasteiger partial charge in [0.05, 0.1) is 0 Å². The van der Waals surface area contributed by atoms with E-state index in [1.54, 1.807) is 23.5 Å². The van der Waals surface area contributed by atoms with E-state index in [1.807, 2.05) is 19.1 Å². The molecule has 138 valence electrons. The third-order valence-corrected chi connectivity index (χ3v) is 3.31. The number of carboxylic acids is 1. The van der Waals surface area contributed by atoms with E-state index in [0.717, 1.165) is 12.0 Å². The van der Waals surface area contributed by atoms with Crippen LogP contribution in [0.2, 0.25) is 0 Å². The summed E-state index contributed by atoms with van der Waals surface area (Å²) in [6.07, 6.45) is -3.42. The first kappa shape index (κ1) is 19.2. The Morgan fingerprint density at radius 3 is 2.27 bits per heavy atom. The molecule has 0 heterocycles. The molecule has 0 saturated carbocycles. The highest BCUT2D eigenvalue weighted by Crippen LogP contribution is 2.34. The van der Waals surface area contributed by atoms with E-state index in [2.05, 4.69) is 4.74 Å². The summed E-state index contributed by atoms with van der Waals surface area (Å²) >= 11 is 0. The Hall–Kier alpha value is -3.16. The Labute approximate surface area is 148 Å². The number of amides is 1. The van der Waals surface area contributed by atoms with Crippen LogP contribution < -0.4 is 14.8 Å². The molecule has 0 radical (unpaired) electrons. The van der Waals surface area contributed by atoms with Crippen LogP contribution in [0.3, 0.4) is 0 Å². The lowest BCUT2D eigenvalue weighted by molar-refractivity contribution is -0.193. The van der Waals surface area contributed by atoms with Gasteiger partial charge in [-0.2, -0.15) is 8.78 Å². The molecule has 6 nitrogen and oxygen atoms in total. The van der Waals surface area contributed by atoms with Crippen LogP contribution >= 0.6 is 0 Å². The lowest BCUT2D eigenvalue weighted by Crippen LogP contribution is -2.46. The second kappa shape index (κ2) is 8.28. The molecule has 8 heteroatoms. The van der Waals surface area contributed by atoms with E-state index in [9.17, 15) is 18.4 Å². The van der Waals surface area contributed by atoms with Gasteiger partial charge in [-0.1, -0.05) is 31.2 Å². The zero-order chi connectivity index (χ0) is 19.2. The number of hydrogen-bond acceptors (Lipinski definition) is 4. The monoisotopic (exact) mass is 365 g/mol. The van der Waals surface area contributed by atoms with Gasteiger partial charge in [-0.3, -0.25) is 9.59 Å². The Kier molecular flexibility index (Phi) is 6.11. The van der Waals surface area contributed by atoms with Gasteiger partial charge in [0.25, 0.3) is 0 Å². The maximum atomic E-state index is 13.9. The molecule has 26 heavy (non-hydrogen) atoms. The SMILES string of the molecule is CCc1ccc(Oc2ccccc2OC(F)(F)C(=O)NCC(=O)O)cc1. The van der Waals surface area contributed by atoms with E-state index in [1.165, 1.54) is 18.2 Å². The second-order valence-corrected chi connectivity index (χ2v) is 5.24. The Balaban J connectivity index is 2.14. The number of ether oxygens (including phenoxy) is 2. The van der Waals surface area contributed by atoms with Crippen molar-refractivity contribution in [2.45, 2.75) is 19.5 Å². The number of para-hydroxylation sites is 2. The first-order chi connectivity index (χ1) is 12.3. The normalized spacial score (nSPS) is 10.9. The molecule has 0 saturated heterocycles. The lowest BCUT2D eigenvalue weighted by atomic mass is 10.2. The molecule has 2 rings (SSSR count). The van der Waals surface area contributed by atoms with E-state index >= 15 is 0 Å². The first-order valence-corrected chi connectivity index (χ1v) is 7.74. The molecule has 0 fully saturated rings. The van der Waals surface area contributed by atoms with Crippen molar-refractivity contribution in [2.75, 3.05) is 6.54 Å². The molecular formula is C18H17F2NO5. The Morgan fingerprint density at radius 1 is 1.08 bits per heavy atom. The number of carbonyl (C=O) groups excluding carboxylic acids is 1. The molecule has 0 bridgehead atoms. The average molecular weight is 365 g/mol. The minimum absolute atomic E-state index is 0.0116. The smallest absolute Gasteiger partial charge is 0.480 e. The molecule has 0 aromatic heterocycles. The standard InChI is InChI=1S/C18H17F2NO5/c1-2-12-7-9-13(10-8-12)25-14-5-3-4-6-15(14)26-18(19,20)17(24)21-11-16(22)23/h3-10H,2,11H2,1H3,(H,21,24)(H,22,23). The van der Waals surface area contributed by atoms with Gasteiger partial charge in [0.1, 0.15) is 12.3 Å². The van der Waals surface area contributed by atoms with Crippen LogP contribution in [0.4, 0.5) is 8.78 Å². The van der Waals surface area contributed by atoms with Gasteiger partial charge in [-0.05, 0) is 36.2 Å². The van der Waals surface area contributed by atoms with E-state index in [0.29, 0.717) is 5.75 Å². The molecule has 0 aliphatic carbocycles. The summed E-state index contributed by atoms with van der Waals surface area (Å²) in [6.45, 7) is 1.05. The fourth-order valence-electron chi connectivity index (χ4n) is 1.98. The number of hydrogen-bond donors (Lipinski definition) is 2. The van der Waals surface area contributed by atoms with E-state index in [-0.39, 0.29) is 11.5 Å². The minimum atomic E-state index is -4.26. The molecule has 0 spiro atoms. The zero-order valence-corrected chi connectivity index (χ0v) is 13.9. The van der Waals surface area contributed by atoms with Crippen molar-refractivity contribution in [3.63, 3.8) is 0 Å². The van der Waals surface area contributed by atoms with Crippen LogP contribution in [-0.2, 0) is 16.0 Å². The molecule has 2 aromatic rings. The van der Waals surface area contributed by atoms with Crippen molar-refractivity contribution in [2.24, 2.45) is 0 Å². The summed E-state index contributed by atoms with van der Waals surface area (Å²) in [5.74, 6) is -3.27. The van der Waals surface area contributed by atoms with Crippen molar-refractivity contribution in [3.8, 4) is 17.2 Å². The van der Waals surface area contributed by atoms with Gasteiger partial charge in [0.2, 0.25) is 0 Å². The molecule has 2 N–H and O–H groups in total. The molecule has 0 unspecified atom stereocenters. The number of carboxylic acid groups (broad SMARTS) is 1. The van der Waals surface area contributed by atoms with Crippen LogP contribution in [0.15, 0.2) is 48.5 Å². The fraction of sp³-hybridized carbons (Fsp3) is 0.222. The first-order valence-electron chi connectivity index (χ1n) is 7.74. The number of carbonyl (C=O) groups is 2. The van der Waals surface area contributed by atoms with Crippen molar-refractivity contribution in [1.29, 1.82) is 0 Å². The number of nitrogens with one attached hydrogen (secondary N) is 1. The van der Waals surface area contributed by atoms with Gasteiger partial charge in [-0.15, -0.1) is 0 Å². The van der Waals surface area contributed by atoms with Crippen LogP contribution in [0.1, 0.15) is 12.5 Å². The highest BCUT2D eigenvalue weighted by Gasteiger charge is 2.43. The van der Waals surface area contributed by atoms with Gasteiger partial charge in [0, 0.05) is 0 Å². The van der Waals surface area contributed by atoms with Crippen molar-refractivity contribution in [1.82, 2.24) is 5.32 Å². The largest absolute Gasteiger partial charge is 0.482 e. The van der Waals surface area contributed by atoms with Gasteiger partial charge in [0.15, 0.2) is 11.5 Å². The van der Waals surface area contributed by atoms with E-state index < -0.39 is 24.5 Å². The quantitative estimate of drug-likeness (QED) is 0.750. The number of rotatable bonds is 8. The average Bonchev–Trinajstić information content (AvgIpc) is 2.61. The van der Waals surface area contributed by atoms with E-state index in [4.69, 9.17) is 9.84 Å². The second-order valence-electron chi connectivity index (χ2n) is 5.24. The van der Waals surface area contributed by atoms with Crippen LogP contribution in [-0.4, -0.2) is 29.6 Å². The predicted octanol–water partition coefficient (Wildman–Crippen LogP) is 3.21. The minimum Gasteiger partial charge on any atom is -0.480 e. The molecular weight excluding hydrogens is 348 g/mol. The summed E-state index contributed by atoms with van der Waals surface area (Å²) in [5, 5.41) is 10.0. The summed E-state index contributed by atoms with van der Waals surface area (Å²) in [5.41, 5.74) is 1.09. The number of aliphatic carboxylic acids is 1.